The number of carbonyl (C=O) groups excluding carboxylic acids is 1. The molecule has 0 spiro atoms. The number of fused-ring (bicyclic) bond motifs is 1. The Morgan fingerprint density at radius 1 is 1.62 bits per heavy atom. The van der Waals surface area contributed by atoms with Crippen LogP contribution in [0.1, 0.15) is 35.5 Å². The fourth-order valence-electron chi connectivity index (χ4n) is 1.39. The second-order valence-electron chi connectivity index (χ2n) is 2.87. The normalized spacial score (nSPS) is 19.8. The van der Waals surface area contributed by atoms with Crippen molar-refractivity contribution in [3.05, 3.63) is 28.5 Å². The highest BCUT2D eigenvalue weighted by molar-refractivity contribution is 6.29. The van der Waals surface area contributed by atoms with Crippen LogP contribution in [0.25, 0.3) is 0 Å². The number of cyclic esters (lactones) is 1. The van der Waals surface area contributed by atoms with E-state index in [1.807, 2.05) is 6.92 Å². The van der Waals surface area contributed by atoms with Gasteiger partial charge in [0.15, 0.2) is 0 Å². The second-order valence-corrected chi connectivity index (χ2v) is 3.26. The Labute approximate surface area is 80.7 Å². The average molecular weight is 198 g/mol. The van der Waals surface area contributed by atoms with Crippen LogP contribution in [0, 0.1) is 0 Å². The molecule has 1 aliphatic rings. The molecule has 1 aromatic rings. The molecule has 0 aliphatic carbocycles. The van der Waals surface area contributed by atoms with Gasteiger partial charge < -0.3 is 4.74 Å². The zero-order chi connectivity index (χ0) is 9.42. The van der Waals surface area contributed by atoms with Crippen molar-refractivity contribution in [1.82, 2.24) is 4.98 Å². The quantitative estimate of drug-likeness (QED) is 0.513. The van der Waals surface area contributed by atoms with E-state index in [0.717, 1.165) is 6.42 Å². The van der Waals surface area contributed by atoms with Crippen molar-refractivity contribution in [2.45, 2.75) is 19.4 Å². The summed E-state index contributed by atoms with van der Waals surface area (Å²) in [6.07, 6.45) is 0.507. The first-order valence-electron chi connectivity index (χ1n) is 4.09. The van der Waals surface area contributed by atoms with E-state index in [9.17, 15) is 4.79 Å². The predicted molar refractivity (Wildman–Crippen MR) is 47.7 cm³/mol. The molecule has 0 saturated carbocycles. The van der Waals surface area contributed by atoms with E-state index in [2.05, 4.69) is 4.98 Å². The van der Waals surface area contributed by atoms with Gasteiger partial charge in [0.25, 0.3) is 0 Å². The van der Waals surface area contributed by atoms with Crippen LogP contribution in [-0.4, -0.2) is 11.0 Å². The van der Waals surface area contributed by atoms with Gasteiger partial charge >= 0.3 is 5.97 Å². The molecule has 0 radical (unpaired) electrons. The fraction of sp³-hybridized carbons (Fsp3) is 0.333. The Morgan fingerprint density at radius 2 is 2.38 bits per heavy atom. The van der Waals surface area contributed by atoms with Gasteiger partial charge in [-0.25, -0.2) is 9.78 Å². The Hall–Kier alpha value is -1.09. The fourth-order valence-corrected chi connectivity index (χ4v) is 1.55. The molecular weight excluding hydrogens is 190 g/mol. The highest BCUT2D eigenvalue weighted by Crippen LogP contribution is 2.31. The summed E-state index contributed by atoms with van der Waals surface area (Å²) < 4.78 is 5.08. The van der Waals surface area contributed by atoms with Crippen molar-refractivity contribution in [3.8, 4) is 0 Å². The summed E-state index contributed by atoms with van der Waals surface area (Å²) in [7, 11) is 0. The number of ether oxygens (including phenoxy) is 1. The van der Waals surface area contributed by atoms with Crippen LogP contribution < -0.4 is 0 Å². The number of halogens is 1. The maximum absolute atomic E-state index is 11.2. The maximum atomic E-state index is 11.2. The molecule has 1 aromatic heterocycles. The first-order valence-corrected chi connectivity index (χ1v) is 4.47. The minimum atomic E-state index is -0.300. The third kappa shape index (κ3) is 1.29. The van der Waals surface area contributed by atoms with E-state index < -0.39 is 0 Å². The van der Waals surface area contributed by atoms with Crippen molar-refractivity contribution in [3.63, 3.8) is 0 Å². The number of carbonyl (C=O) groups is 1. The first-order chi connectivity index (χ1) is 6.22. The minimum Gasteiger partial charge on any atom is -0.452 e. The number of aromatic nitrogens is 1. The molecule has 3 nitrogen and oxygen atoms in total. The molecule has 1 unspecified atom stereocenters. The largest absolute Gasteiger partial charge is 0.452 e. The second kappa shape index (κ2) is 3.00. The molecule has 0 fully saturated rings. The topological polar surface area (TPSA) is 39.2 Å². The van der Waals surface area contributed by atoms with Crippen LogP contribution >= 0.6 is 11.6 Å². The van der Waals surface area contributed by atoms with Gasteiger partial charge in [-0.05, 0) is 18.6 Å². The molecular formula is C9H8ClNO2. The van der Waals surface area contributed by atoms with Crippen LogP contribution in [0.15, 0.2) is 12.1 Å². The van der Waals surface area contributed by atoms with E-state index in [1.165, 1.54) is 0 Å². The summed E-state index contributed by atoms with van der Waals surface area (Å²) in [5.41, 5.74) is 1.20. The monoisotopic (exact) mass is 197 g/mol. The van der Waals surface area contributed by atoms with Gasteiger partial charge in [0, 0.05) is 0 Å². The maximum Gasteiger partial charge on any atom is 0.340 e. The number of pyridine rings is 1. The lowest BCUT2D eigenvalue weighted by Crippen LogP contribution is -1.97. The minimum absolute atomic E-state index is 0.221. The summed E-state index contributed by atoms with van der Waals surface area (Å²) in [5, 5.41) is 0.399. The molecule has 0 aromatic carbocycles. The molecule has 4 heteroatoms. The van der Waals surface area contributed by atoms with E-state index in [4.69, 9.17) is 16.3 Å². The first kappa shape index (κ1) is 8.51. The van der Waals surface area contributed by atoms with Crippen molar-refractivity contribution >= 4 is 17.6 Å². The van der Waals surface area contributed by atoms with E-state index in [-0.39, 0.29) is 12.1 Å². The number of hydrogen-bond donors (Lipinski definition) is 0. The SMILES string of the molecule is CCC1OC(=O)c2ccc(Cl)nc21. The predicted octanol–water partition coefficient (Wildman–Crippen LogP) is 2.36. The summed E-state index contributed by atoms with van der Waals surface area (Å²) in [4.78, 5) is 15.3. The Kier molecular flexibility index (Phi) is 1.96. The van der Waals surface area contributed by atoms with Gasteiger partial charge in [-0.3, -0.25) is 0 Å². The van der Waals surface area contributed by atoms with Crippen LogP contribution in [0.2, 0.25) is 5.15 Å². The number of esters is 1. The Balaban J connectivity index is 2.52. The molecule has 0 saturated heterocycles. The third-order valence-electron chi connectivity index (χ3n) is 2.04. The van der Waals surface area contributed by atoms with Crippen LogP contribution in [0.5, 0.6) is 0 Å². The van der Waals surface area contributed by atoms with Gasteiger partial charge in [-0.1, -0.05) is 18.5 Å². The summed E-state index contributed by atoms with van der Waals surface area (Å²) in [6.45, 7) is 1.94. The van der Waals surface area contributed by atoms with E-state index in [1.54, 1.807) is 12.1 Å². The lowest BCUT2D eigenvalue weighted by molar-refractivity contribution is 0.0373. The lowest BCUT2D eigenvalue weighted by atomic mass is 10.1. The number of rotatable bonds is 1. The molecule has 68 valence electrons. The van der Waals surface area contributed by atoms with Crippen molar-refractivity contribution in [2.75, 3.05) is 0 Å². The highest BCUT2D eigenvalue weighted by Gasteiger charge is 2.31. The molecule has 0 amide bonds. The third-order valence-corrected chi connectivity index (χ3v) is 2.25. The molecule has 0 N–H and O–H groups in total. The summed E-state index contributed by atoms with van der Waals surface area (Å²) in [6, 6.07) is 3.25. The molecule has 1 atom stereocenters. The molecule has 0 bridgehead atoms. The van der Waals surface area contributed by atoms with E-state index in [0.29, 0.717) is 16.4 Å². The molecule has 1 aliphatic heterocycles. The van der Waals surface area contributed by atoms with Crippen LogP contribution in [0.3, 0.4) is 0 Å². The van der Waals surface area contributed by atoms with Gasteiger partial charge in [0.2, 0.25) is 0 Å². The number of nitrogens with zero attached hydrogens (tertiary/aromatic N) is 1. The smallest absolute Gasteiger partial charge is 0.340 e. The van der Waals surface area contributed by atoms with Crippen LogP contribution in [-0.2, 0) is 4.74 Å². The zero-order valence-electron chi connectivity index (χ0n) is 7.08. The van der Waals surface area contributed by atoms with Gasteiger partial charge in [-0.2, -0.15) is 0 Å². The molecule has 2 rings (SSSR count). The highest BCUT2D eigenvalue weighted by atomic mass is 35.5. The number of hydrogen-bond acceptors (Lipinski definition) is 3. The lowest BCUT2D eigenvalue weighted by Gasteiger charge is -2.04. The summed E-state index contributed by atoms with van der Waals surface area (Å²) in [5.74, 6) is -0.300. The molecule has 13 heavy (non-hydrogen) atoms. The van der Waals surface area contributed by atoms with Crippen molar-refractivity contribution < 1.29 is 9.53 Å². The Bertz CT molecular complexity index is 365. The zero-order valence-corrected chi connectivity index (χ0v) is 7.84. The Morgan fingerprint density at radius 3 is 3.08 bits per heavy atom. The molecule has 2 heterocycles. The van der Waals surface area contributed by atoms with E-state index >= 15 is 0 Å². The van der Waals surface area contributed by atoms with Crippen molar-refractivity contribution in [1.29, 1.82) is 0 Å². The van der Waals surface area contributed by atoms with Gasteiger partial charge in [0.05, 0.1) is 11.3 Å². The summed E-state index contributed by atoms with van der Waals surface area (Å²) >= 11 is 5.72. The average Bonchev–Trinajstić information content (AvgIpc) is 2.42. The van der Waals surface area contributed by atoms with Gasteiger partial charge in [-0.15, -0.1) is 0 Å². The van der Waals surface area contributed by atoms with Crippen molar-refractivity contribution in [2.24, 2.45) is 0 Å². The standard InChI is InChI=1S/C9H8ClNO2/c1-2-6-8-5(9(12)13-6)3-4-7(10)11-8/h3-4,6H,2H2,1H3. The van der Waals surface area contributed by atoms with Crippen LogP contribution in [0.4, 0.5) is 0 Å². The van der Waals surface area contributed by atoms with Gasteiger partial charge in [0.1, 0.15) is 11.3 Å².